The minimum Gasteiger partial charge on any atom is -0.349 e. The van der Waals surface area contributed by atoms with Crippen LogP contribution in [0.4, 0.5) is 5.82 Å². The molecule has 0 spiro atoms. The van der Waals surface area contributed by atoms with E-state index in [0.29, 0.717) is 11.1 Å². The molecule has 0 radical (unpaired) electrons. The van der Waals surface area contributed by atoms with Crippen LogP contribution in [0.25, 0.3) is 27.0 Å². The lowest BCUT2D eigenvalue weighted by atomic mass is 10.0. The first-order valence-corrected chi connectivity index (χ1v) is 20.4. The van der Waals surface area contributed by atoms with Gasteiger partial charge in [0.05, 0.1) is 37.5 Å². The topological polar surface area (TPSA) is 247 Å². The molecule has 3 fully saturated rings. The van der Waals surface area contributed by atoms with E-state index in [-0.39, 0.29) is 35.7 Å². The third kappa shape index (κ3) is 7.32. The number of rotatable bonds is 7. The van der Waals surface area contributed by atoms with E-state index in [2.05, 4.69) is 35.1 Å². The van der Waals surface area contributed by atoms with Crippen molar-refractivity contribution in [2.75, 3.05) is 31.7 Å². The van der Waals surface area contributed by atoms with E-state index in [1.54, 1.807) is 54.8 Å². The molecule has 4 aromatic heterocycles. The number of hydrogen-bond donors (Lipinski definition) is 3. The first-order valence-electron chi connectivity index (χ1n) is 17.4. The Balaban J connectivity index is 1.10. The molecule has 7 heterocycles. The molecule has 3 aliphatic heterocycles. The zero-order chi connectivity index (χ0) is 39.2. The van der Waals surface area contributed by atoms with Gasteiger partial charge in [-0.15, -0.1) is 0 Å². The van der Waals surface area contributed by atoms with Gasteiger partial charge < -0.3 is 34.1 Å². The van der Waals surface area contributed by atoms with Crippen LogP contribution in [0.2, 0.25) is 0 Å². The highest BCUT2D eigenvalue weighted by Gasteiger charge is 2.53. The van der Waals surface area contributed by atoms with Gasteiger partial charge >= 0.3 is 15.6 Å². The number of aromatic amines is 1. The molecule has 23 heteroatoms. The highest BCUT2D eigenvalue weighted by molar-refractivity contribution is 7.48. The van der Waals surface area contributed by atoms with E-state index in [4.69, 9.17) is 38.7 Å². The van der Waals surface area contributed by atoms with Gasteiger partial charge in [-0.25, -0.2) is 35.6 Å². The van der Waals surface area contributed by atoms with Gasteiger partial charge in [0.1, 0.15) is 37.5 Å². The SMILES string of the molecule is [C-]#[N+]CCOP1(=O)OC[C@H]2O[C@@H](n3cnc4c(=O)[nH]ccc43)[C@H](OP(=O)(O)OC[C@H]3O[C@@H](n4cnc5c(NC(=O)c6ccccc6)ncnc54)[C@H](C)[C@@H]3O1)[C@@H]2C. The van der Waals surface area contributed by atoms with Crippen LogP contribution in [0, 0.1) is 18.4 Å². The van der Waals surface area contributed by atoms with Crippen LogP contribution in [0.3, 0.4) is 0 Å². The number of aromatic nitrogens is 7. The van der Waals surface area contributed by atoms with Crippen molar-refractivity contribution in [3.8, 4) is 0 Å². The normalized spacial score (nSPS) is 32.2. The molecule has 1 amide bonds. The summed E-state index contributed by atoms with van der Waals surface area (Å²) in [5.74, 6) is -1.65. The number of carbonyl (C=O) groups is 1. The molecule has 8 rings (SSSR count). The molecule has 0 aliphatic carbocycles. The van der Waals surface area contributed by atoms with E-state index < -0.39 is 89.0 Å². The highest BCUT2D eigenvalue weighted by atomic mass is 31.2. The number of phosphoric ester groups is 2. The Morgan fingerprint density at radius 1 is 0.964 bits per heavy atom. The van der Waals surface area contributed by atoms with Gasteiger partial charge in [-0.2, -0.15) is 0 Å². The fourth-order valence-corrected chi connectivity index (χ4v) is 9.41. The Morgan fingerprint density at radius 3 is 2.52 bits per heavy atom. The number of imidazole rings is 2. The van der Waals surface area contributed by atoms with Gasteiger partial charge in [0.25, 0.3) is 11.5 Å². The highest BCUT2D eigenvalue weighted by Crippen LogP contribution is 2.57. The smallest absolute Gasteiger partial charge is 0.349 e. The van der Waals surface area contributed by atoms with Crippen molar-refractivity contribution < 1.29 is 50.9 Å². The van der Waals surface area contributed by atoms with Crippen LogP contribution in [0.1, 0.15) is 36.7 Å². The fraction of sp³-hybridized carbons (Fsp3) is 0.424. The van der Waals surface area contributed by atoms with Crippen molar-refractivity contribution in [3.05, 3.63) is 88.9 Å². The number of hydrogen-bond acceptors (Lipinski definition) is 15. The van der Waals surface area contributed by atoms with E-state index >= 15 is 0 Å². The van der Waals surface area contributed by atoms with Gasteiger partial charge in [-0.05, 0) is 18.2 Å². The van der Waals surface area contributed by atoms with Gasteiger partial charge in [0, 0.05) is 23.6 Å². The number of amides is 1. The molecule has 1 aromatic carbocycles. The summed E-state index contributed by atoms with van der Waals surface area (Å²) in [6, 6.07) is 10.1. The zero-order valence-corrected chi connectivity index (χ0v) is 31.5. The maximum absolute atomic E-state index is 14.4. The molecular weight excluding hydrogens is 776 g/mol. The Labute approximate surface area is 317 Å². The molecule has 3 aliphatic rings. The van der Waals surface area contributed by atoms with Gasteiger partial charge in [0.2, 0.25) is 6.54 Å². The van der Waals surface area contributed by atoms with Gasteiger partial charge in [-0.3, -0.25) is 36.8 Å². The number of nitrogens with one attached hydrogen (secondary N) is 2. The average molecular weight is 812 g/mol. The molecule has 0 saturated carbocycles. The number of nitrogens with zero attached hydrogens (tertiary/aromatic N) is 7. The molecular formula is C33H35N9O12P2. The van der Waals surface area contributed by atoms with Gasteiger partial charge in [0.15, 0.2) is 28.7 Å². The number of anilines is 1. The molecule has 294 valence electrons. The second kappa shape index (κ2) is 15.3. The summed E-state index contributed by atoms with van der Waals surface area (Å²) in [6.07, 6.45) is -1.05. The summed E-state index contributed by atoms with van der Waals surface area (Å²) in [7, 11) is -9.44. The predicted octanol–water partition coefficient (Wildman–Crippen LogP) is 3.85. The lowest BCUT2D eigenvalue weighted by Gasteiger charge is -2.27. The number of ether oxygens (including phenoxy) is 2. The maximum Gasteiger partial charge on any atom is 0.475 e. The van der Waals surface area contributed by atoms with Crippen molar-refractivity contribution in [1.29, 1.82) is 0 Å². The van der Waals surface area contributed by atoms with Crippen LogP contribution in [0.15, 0.2) is 66.4 Å². The third-order valence-electron chi connectivity index (χ3n) is 9.78. The lowest BCUT2D eigenvalue weighted by Crippen LogP contribution is -2.32. The Hall–Kier alpha value is -4.71. The van der Waals surface area contributed by atoms with E-state index in [1.165, 1.54) is 29.7 Å². The van der Waals surface area contributed by atoms with Crippen molar-refractivity contribution in [3.63, 3.8) is 0 Å². The summed E-state index contributed by atoms with van der Waals surface area (Å²) in [5, 5.41) is 2.75. The predicted molar refractivity (Wildman–Crippen MR) is 193 cm³/mol. The van der Waals surface area contributed by atoms with Crippen LogP contribution in [-0.2, 0) is 41.2 Å². The fourth-order valence-electron chi connectivity index (χ4n) is 6.95. The number of pyridine rings is 1. The third-order valence-corrected chi connectivity index (χ3v) is 12.2. The molecule has 10 atom stereocenters. The Kier molecular flexibility index (Phi) is 10.4. The molecule has 5 aromatic rings. The first kappa shape index (κ1) is 38.2. The Morgan fingerprint density at radius 2 is 1.71 bits per heavy atom. The van der Waals surface area contributed by atoms with Crippen LogP contribution < -0.4 is 10.9 Å². The minimum absolute atomic E-state index is 0.101. The monoisotopic (exact) mass is 811 g/mol. The van der Waals surface area contributed by atoms with Crippen LogP contribution in [-0.4, -0.2) is 95.6 Å². The van der Waals surface area contributed by atoms with Crippen molar-refractivity contribution >= 4 is 49.6 Å². The minimum atomic E-state index is -4.90. The molecule has 56 heavy (non-hydrogen) atoms. The van der Waals surface area contributed by atoms with E-state index in [1.807, 2.05) is 0 Å². The average Bonchev–Trinajstić information content (AvgIpc) is 3.95. The largest absolute Gasteiger partial charge is 0.475 e. The summed E-state index contributed by atoms with van der Waals surface area (Å²) in [5.41, 5.74) is 0.915. The van der Waals surface area contributed by atoms with Crippen molar-refractivity contribution in [1.82, 2.24) is 34.1 Å². The first-order chi connectivity index (χ1) is 26.9. The number of carbonyl (C=O) groups excluding carboxylic acids is 1. The zero-order valence-electron chi connectivity index (χ0n) is 29.7. The van der Waals surface area contributed by atoms with E-state index in [9.17, 15) is 23.6 Å². The molecule has 3 saturated heterocycles. The molecule has 3 N–H and O–H groups in total. The second-order valence-electron chi connectivity index (χ2n) is 13.3. The van der Waals surface area contributed by atoms with Crippen molar-refractivity contribution in [2.24, 2.45) is 11.8 Å². The quantitative estimate of drug-likeness (QED) is 0.120. The summed E-state index contributed by atoms with van der Waals surface area (Å²) >= 11 is 0. The summed E-state index contributed by atoms with van der Waals surface area (Å²) in [6.45, 7) is 9.15. The number of fused-ring (bicyclic) bond motifs is 5. The summed E-state index contributed by atoms with van der Waals surface area (Å²) < 4.78 is 72.8. The number of H-pyrrole nitrogens is 1. The standard InChI is InChI=1S/C33H35N9O12P2/c1-18-22-13-50-56(47,48-12-11-34-3)54-26-19(2)32(42-17-39-25-28(36-15-37-29(25)42)40-30(43)20-7-5-4-6-8-20)52-23(26)14-49-55(45,46)53-27(18)33(51-22)41-16-38-24-21(41)9-10-35-31(24)44/h4-10,15-19,22-23,26-27,32-33H,11-14H2,1-2H3,(H,35,44)(H,45,46)(H,36,37,40,43)/t18-,19-,22-,23-,26+,27-,32-,33-,56?/m1/s1. The van der Waals surface area contributed by atoms with Gasteiger partial charge in [-0.1, -0.05) is 32.0 Å². The maximum atomic E-state index is 14.4. The van der Waals surface area contributed by atoms with Crippen LogP contribution >= 0.6 is 15.6 Å². The van der Waals surface area contributed by atoms with E-state index in [0.717, 1.165) is 0 Å². The second-order valence-corrected chi connectivity index (χ2v) is 16.3. The van der Waals surface area contributed by atoms with Crippen LogP contribution in [0.5, 0.6) is 0 Å². The lowest BCUT2D eigenvalue weighted by molar-refractivity contribution is -0.0682. The van der Waals surface area contributed by atoms with Crippen molar-refractivity contribution in [2.45, 2.75) is 50.7 Å². The number of phosphoric acid groups is 2. The molecule has 21 nitrogen and oxygen atoms in total. The number of benzene rings is 1. The molecule has 2 unspecified atom stereocenters. The summed E-state index contributed by atoms with van der Waals surface area (Å²) in [4.78, 5) is 59.5. The molecule has 2 bridgehead atoms. The Bertz CT molecular complexity index is 2460.